The summed E-state index contributed by atoms with van der Waals surface area (Å²) in [4.78, 5) is 16.6. The van der Waals surface area contributed by atoms with Gasteiger partial charge in [0.1, 0.15) is 10.7 Å². The topological polar surface area (TPSA) is 68.0 Å². The minimum absolute atomic E-state index is 0.0966. The molecule has 1 amide bonds. The monoisotopic (exact) mass is 335 g/mol. The van der Waals surface area contributed by atoms with E-state index in [1.807, 2.05) is 32.0 Å². The number of hydrogen-bond acceptors (Lipinski definition) is 5. The second-order valence-corrected chi connectivity index (χ2v) is 7.09. The summed E-state index contributed by atoms with van der Waals surface area (Å²) in [6.07, 6.45) is 2.92. The molecule has 0 saturated carbocycles. The number of nitrogens with two attached hydrogens (primary N) is 1. The zero-order chi connectivity index (χ0) is 16.1. The Morgan fingerprint density at radius 2 is 2.18 bits per heavy atom. The molecule has 6 heteroatoms. The molecular formula is C16H21N3OS2. The Morgan fingerprint density at radius 3 is 2.86 bits per heavy atom. The van der Waals surface area contributed by atoms with Gasteiger partial charge in [-0.3, -0.25) is 4.79 Å². The van der Waals surface area contributed by atoms with Gasteiger partial charge in [-0.25, -0.2) is 4.98 Å². The van der Waals surface area contributed by atoms with Crippen molar-refractivity contribution in [3.63, 3.8) is 0 Å². The Balaban J connectivity index is 2.03. The molecule has 1 heterocycles. The van der Waals surface area contributed by atoms with Gasteiger partial charge in [-0.15, -0.1) is 11.3 Å². The lowest BCUT2D eigenvalue weighted by Crippen LogP contribution is -2.14. The summed E-state index contributed by atoms with van der Waals surface area (Å²) in [5.74, 6) is 0.799. The number of amides is 1. The molecule has 0 aliphatic rings. The lowest BCUT2D eigenvalue weighted by molar-refractivity contribution is 0.102. The first-order valence-electron chi connectivity index (χ1n) is 7.10. The van der Waals surface area contributed by atoms with Crippen LogP contribution in [0.15, 0.2) is 23.6 Å². The molecule has 0 aliphatic heterocycles. The molecule has 1 aromatic carbocycles. The fourth-order valence-electron chi connectivity index (χ4n) is 1.94. The molecule has 2 rings (SSSR count). The van der Waals surface area contributed by atoms with Gasteiger partial charge in [-0.1, -0.05) is 6.07 Å². The van der Waals surface area contributed by atoms with E-state index in [4.69, 9.17) is 5.73 Å². The summed E-state index contributed by atoms with van der Waals surface area (Å²) in [6, 6.07) is 5.76. The molecule has 4 nitrogen and oxygen atoms in total. The zero-order valence-electron chi connectivity index (χ0n) is 13.1. The third-order valence-electron chi connectivity index (χ3n) is 3.47. The molecule has 2 aromatic rings. The van der Waals surface area contributed by atoms with Gasteiger partial charge in [-0.2, -0.15) is 11.8 Å². The van der Waals surface area contributed by atoms with Crippen LogP contribution in [0.2, 0.25) is 0 Å². The molecule has 0 bridgehead atoms. The van der Waals surface area contributed by atoms with Gasteiger partial charge < -0.3 is 11.1 Å². The van der Waals surface area contributed by atoms with Gasteiger partial charge in [0.15, 0.2) is 0 Å². The van der Waals surface area contributed by atoms with Crippen molar-refractivity contribution >= 4 is 34.7 Å². The highest BCUT2D eigenvalue weighted by atomic mass is 32.2. The maximum atomic E-state index is 12.2. The summed E-state index contributed by atoms with van der Waals surface area (Å²) >= 11 is 3.21. The highest BCUT2D eigenvalue weighted by Gasteiger charge is 2.15. The summed E-state index contributed by atoms with van der Waals surface area (Å²) in [7, 11) is 0. The van der Waals surface area contributed by atoms with Gasteiger partial charge in [0, 0.05) is 11.1 Å². The van der Waals surface area contributed by atoms with Crippen LogP contribution in [0.25, 0.3) is 0 Å². The number of hydrogen-bond donors (Lipinski definition) is 2. The third kappa shape index (κ3) is 4.32. The van der Waals surface area contributed by atoms with Gasteiger partial charge >= 0.3 is 0 Å². The van der Waals surface area contributed by atoms with Crippen molar-refractivity contribution in [1.82, 2.24) is 4.98 Å². The number of thiazole rings is 1. The second-order valence-electron chi connectivity index (χ2n) is 5.21. The van der Waals surface area contributed by atoms with Crippen LogP contribution in [0.3, 0.4) is 0 Å². The maximum Gasteiger partial charge on any atom is 0.275 e. The molecule has 1 aromatic heterocycles. The van der Waals surface area contributed by atoms with Crippen LogP contribution in [0.5, 0.6) is 0 Å². The smallest absolute Gasteiger partial charge is 0.275 e. The van der Waals surface area contributed by atoms with Crippen LogP contribution < -0.4 is 11.1 Å². The van der Waals surface area contributed by atoms with E-state index < -0.39 is 0 Å². The highest BCUT2D eigenvalue weighted by molar-refractivity contribution is 7.98. The number of aryl methyl sites for hydroxylation is 2. The number of thioether (sulfide) groups is 1. The Bertz CT molecular complexity index is 655. The molecule has 0 spiro atoms. The van der Waals surface area contributed by atoms with E-state index in [1.165, 1.54) is 16.9 Å². The Morgan fingerprint density at radius 1 is 1.41 bits per heavy atom. The molecule has 0 radical (unpaired) electrons. The fourth-order valence-corrected chi connectivity index (χ4v) is 3.27. The van der Waals surface area contributed by atoms with Crippen molar-refractivity contribution in [3.05, 3.63) is 45.4 Å². The Hall–Kier alpha value is -1.37. The number of nitrogens with zero attached hydrogens (tertiary/aromatic N) is 1. The molecule has 22 heavy (non-hydrogen) atoms. The van der Waals surface area contributed by atoms with Crippen molar-refractivity contribution in [1.29, 1.82) is 0 Å². The average molecular weight is 335 g/mol. The minimum atomic E-state index is -0.192. The maximum absolute atomic E-state index is 12.2. The fraction of sp³-hybridized carbons (Fsp3) is 0.375. The van der Waals surface area contributed by atoms with Crippen LogP contribution >= 0.6 is 23.1 Å². The number of carbonyl (C=O) groups excluding carboxylic acids is 1. The third-order valence-corrected chi connectivity index (χ3v) is 5.09. The van der Waals surface area contributed by atoms with Crippen LogP contribution in [0.4, 0.5) is 5.69 Å². The number of aromatic nitrogens is 1. The first-order valence-corrected chi connectivity index (χ1v) is 9.37. The minimum Gasteiger partial charge on any atom is -0.322 e. The molecule has 1 atom stereocenters. The van der Waals surface area contributed by atoms with E-state index in [1.54, 1.807) is 17.1 Å². The predicted octanol–water partition coefficient (Wildman–Crippen LogP) is 3.77. The molecule has 0 aliphatic carbocycles. The number of anilines is 1. The van der Waals surface area contributed by atoms with E-state index >= 15 is 0 Å². The van der Waals surface area contributed by atoms with Crippen molar-refractivity contribution in [2.75, 3.05) is 17.3 Å². The van der Waals surface area contributed by atoms with Gasteiger partial charge in [0.2, 0.25) is 0 Å². The van der Waals surface area contributed by atoms with Crippen molar-refractivity contribution in [2.24, 2.45) is 5.73 Å². The van der Waals surface area contributed by atoms with Gasteiger partial charge in [0.05, 0.1) is 6.04 Å². The largest absolute Gasteiger partial charge is 0.322 e. The van der Waals surface area contributed by atoms with Crippen molar-refractivity contribution < 1.29 is 4.79 Å². The van der Waals surface area contributed by atoms with Gasteiger partial charge in [-0.05, 0) is 55.5 Å². The van der Waals surface area contributed by atoms with E-state index in [0.717, 1.165) is 28.4 Å². The standard InChI is InChI=1S/C16H21N3OS2/c1-10-4-5-12(8-11(10)2)18-15(20)14-9-22-16(19-14)13(17)6-7-21-3/h4-5,8-9,13H,6-7,17H2,1-3H3,(H,18,20). The molecule has 0 fully saturated rings. The summed E-state index contributed by atoms with van der Waals surface area (Å²) in [5.41, 5.74) is 9.65. The number of carbonyl (C=O) groups is 1. The van der Waals surface area contributed by atoms with E-state index in [9.17, 15) is 4.79 Å². The Labute approximate surface area is 139 Å². The molecular weight excluding hydrogens is 314 g/mol. The van der Waals surface area contributed by atoms with E-state index in [2.05, 4.69) is 16.6 Å². The van der Waals surface area contributed by atoms with E-state index in [0.29, 0.717) is 5.69 Å². The molecule has 0 saturated heterocycles. The van der Waals surface area contributed by atoms with E-state index in [-0.39, 0.29) is 11.9 Å². The summed E-state index contributed by atoms with van der Waals surface area (Å²) < 4.78 is 0. The van der Waals surface area contributed by atoms with Gasteiger partial charge in [0.25, 0.3) is 5.91 Å². The normalized spacial score (nSPS) is 12.2. The molecule has 1 unspecified atom stereocenters. The SMILES string of the molecule is CSCCC(N)c1nc(C(=O)Nc2ccc(C)c(C)c2)cs1. The average Bonchev–Trinajstić information content (AvgIpc) is 2.98. The summed E-state index contributed by atoms with van der Waals surface area (Å²) in [5, 5.41) is 5.47. The van der Waals surface area contributed by atoms with Crippen LogP contribution in [0, 0.1) is 13.8 Å². The first-order chi connectivity index (χ1) is 10.5. The lowest BCUT2D eigenvalue weighted by atomic mass is 10.1. The number of rotatable bonds is 6. The van der Waals surface area contributed by atoms with Crippen LogP contribution in [-0.4, -0.2) is 22.9 Å². The van der Waals surface area contributed by atoms with Crippen molar-refractivity contribution in [3.8, 4) is 0 Å². The van der Waals surface area contributed by atoms with Crippen molar-refractivity contribution in [2.45, 2.75) is 26.3 Å². The quantitative estimate of drug-likeness (QED) is 0.843. The molecule has 3 N–H and O–H groups in total. The van der Waals surface area contributed by atoms with Crippen LogP contribution in [-0.2, 0) is 0 Å². The second kappa shape index (κ2) is 7.76. The van der Waals surface area contributed by atoms with Crippen LogP contribution in [0.1, 0.15) is 39.1 Å². The first kappa shape index (κ1) is 17.0. The Kier molecular flexibility index (Phi) is 5.99. The molecule has 118 valence electrons. The summed E-state index contributed by atoms with van der Waals surface area (Å²) in [6.45, 7) is 4.07. The number of nitrogens with one attached hydrogen (secondary N) is 1. The number of benzene rings is 1. The lowest BCUT2D eigenvalue weighted by Gasteiger charge is -2.07. The predicted molar refractivity (Wildman–Crippen MR) is 95.9 cm³/mol. The highest BCUT2D eigenvalue weighted by Crippen LogP contribution is 2.21. The zero-order valence-corrected chi connectivity index (χ0v) is 14.7.